The zero-order valence-electron chi connectivity index (χ0n) is 14.1. The molecule has 3 heteroatoms. The number of piperidine rings is 2. The zero-order valence-corrected chi connectivity index (χ0v) is 14.1. The van der Waals surface area contributed by atoms with Gasteiger partial charge in [-0.15, -0.1) is 0 Å². The maximum Gasteiger partial charge on any atom is 0.0350 e. The van der Waals surface area contributed by atoms with Gasteiger partial charge in [-0.25, -0.2) is 0 Å². The monoisotopic (exact) mass is 291 g/mol. The van der Waals surface area contributed by atoms with E-state index in [4.69, 9.17) is 0 Å². The van der Waals surface area contributed by atoms with Crippen LogP contribution in [0.2, 0.25) is 0 Å². The fraction of sp³-hybridized carbons (Fsp3) is 1.00. The van der Waals surface area contributed by atoms with E-state index in [0.29, 0.717) is 0 Å². The van der Waals surface area contributed by atoms with Crippen molar-refractivity contribution in [2.24, 2.45) is 11.3 Å². The first kappa shape index (κ1) is 14.5. The van der Waals surface area contributed by atoms with Gasteiger partial charge in [0, 0.05) is 31.7 Å². The van der Waals surface area contributed by atoms with Gasteiger partial charge in [0.1, 0.15) is 0 Å². The first-order valence-corrected chi connectivity index (χ1v) is 9.30. The number of likely N-dealkylation sites (tertiary alicyclic amines) is 3. The Balaban J connectivity index is 1.24. The van der Waals surface area contributed by atoms with Gasteiger partial charge in [0.15, 0.2) is 0 Å². The first-order valence-electron chi connectivity index (χ1n) is 9.30. The Kier molecular flexibility index (Phi) is 3.79. The summed E-state index contributed by atoms with van der Waals surface area (Å²) in [6.45, 7) is 10.6. The molecule has 1 aliphatic carbocycles. The summed E-state index contributed by atoms with van der Waals surface area (Å²) in [6, 6.07) is 1.82. The summed E-state index contributed by atoms with van der Waals surface area (Å²) in [5.41, 5.74) is 0.748. The molecular weight excluding hydrogens is 258 g/mol. The molecule has 4 aliphatic rings. The lowest BCUT2D eigenvalue weighted by Gasteiger charge is -2.58. The van der Waals surface area contributed by atoms with E-state index in [1.54, 1.807) is 0 Å². The van der Waals surface area contributed by atoms with E-state index in [1.807, 2.05) is 0 Å². The molecule has 1 unspecified atom stereocenters. The molecule has 4 rings (SSSR count). The van der Waals surface area contributed by atoms with E-state index in [0.717, 1.165) is 23.4 Å². The summed E-state index contributed by atoms with van der Waals surface area (Å²) in [6.07, 6.45) is 8.88. The summed E-state index contributed by atoms with van der Waals surface area (Å²) in [4.78, 5) is 8.06. The Morgan fingerprint density at radius 1 is 0.857 bits per heavy atom. The average Bonchev–Trinajstić information content (AvgIpc) is 2.42. The van der Waals surface area contributed by atoms with Crippen molar-refractivity contribution in [1.29, 1.82) is 0 Å². The van der Waals surface area contributed by atoms with Crippen molar-refractivity contribution < 1.29 is 0 Å². The minimum absolute atomic E-state index is 0.748. The molecule has 3 aliphatic heterocycles. The van der Waals surface area contributed by atoms with Gasteiger partial charge in [-0.2, -0.15) is 0 Å². The quantitative estimate of drug-likeness (QED) is 0.773. The van der Waals surface area contributed by atoms with Crippen molar-refractivity contribution in [2.45, 2.75) is 57.5 Å². The fourth-order valence-electron chi connectivity index (χ4n) is 5.42. The highest BCUT2D eigenvalue weighted by atomic mass is 15.3. The van der Waals surface area contributed by atoms with Crippen LogP contribution in [0.4, 0.5) is 0 Å². The van der Waals surface area contributed by atoms with Crippen LogP contribution in [0.5, 0.6) is 0 Å². The van der Waals surface area contributed by atoms with Crippen molar-refractivity contribution in [2.75, 3.05) is 46.3 Å². The highest BCUT2D eigenvalue weighted by Gasteiger charge is 2.49. The van der Waals surface area contributed by atoms with Crippen LogP contribution in [0, 0.1) is 11.3 Å². The molecular formula is C18H33N3. The van der Waals surface area contributed by atoms with E-state index in [2.05, 4.69) is 28.7 Å². The third-order valence-corrected chi connectivity index (χ3v) is 6.96. The maximum absolute atomic E-state index is 2.83. The minimum atomic E-state index is 0.748. The van der Waals surface area contributed by atoms with Gasteiger partial charge in [0.25, 0.3) is 0 Å². The Hall–Kier alpha value is -0.120. The van der Waals surface area contributed by atoms with Crippen molar-refractivity contribution in [1.82, 2.24) is 14.7 Å². The predicted octanol–water partition coefficient (Wildman–Crippen LogP) is 2.28. The van der Waals surface area contributed by atoms with Gasteiger partial charge < -0.3 is 9.80 Å². The zero-order chi connectivity index (χ0) is 14.4. The van der Waals surface area contributed by atoms with E-state index in [9.17, 15) is 0 Å². The highest BCUT2D eigenvalue weighted by molar-refractivity contribution is 5.03. The maximum atomic E-state index is 2.83. The number of hydrogen-bond acceptors (Lipinski definition) is 3. The Labute approximate surface area is 130 Å². The van der Waals surface area contributed by atoms with Crippen molar-refractivity contribution in [3.05, 3.63) is 0 Å². The molecule has 0 aromatic rings. The SMILES string of the molecule is CC1CCCN(C2CC3(CCN(C4CN(C)C4)CC3)C2)C1. The molecule has 0 aromatic carbocycles. The molecule has 0 bridgehead atoms. The molecule has 120 valence electrons. The van der Waals surface area contributed by atoms with E-state index in [1.165, 1.54) is 77.8 Å². The van der Waals surface area contributed by atoms with Gasteiger partial charge in [-0.3, -0.25) is 4.90 Å². The van der Waals surface area contributed by atoms with Crippen LogP contribution in [0.1, 0.15) is 45.4 Å². The van der Waals surface area contributed by atoms with Gasteiger partial charge in [0.05, 0.1) is 0 Å². The van der Waals surface area contributed by atoms with Gasteiger partial charge in [0.2, 0.25) is 0 Å². The van der Waals surface area contributed by atoms with E-state index in [-0.39, 0.29) is 0 Å². The fourth-order valence-corrected chi connectivity index (χ4v) is 5.42. The second-order valence-corrected chi connectivity index (χ2v) is 8.72. The summed E-state index contributed by atoms with van der Waals surface area (Å²) >= 11 is 0. The molecule has 3 saturated heterocycles. The average molecular weight is 291 g/mol. The normalized spacial score (nSPS) is 36.6. The van der Waals surface area contributed by atoms with Crippen LogP contribution in [0.3, 0.4) is 0 Å². The number of nitrogens with zero attached hydrogens (tertiary/aromatic N) is 3. The highest BCUT2D eigenvalue weighted by Crippen LogP contribution is 2.51. The summed E-state index contributed by atoms with van der Waals surface area (Å²) in [7, 11) is 2.25. The lowest BCUT2D eigenvalue weighted by molar-refractivity contribution is -0.0710. The second-order valence-electron chi connectivity index (χ2n) is 8.72. The second kappa shape index (κ2) is 5.50. The lowest BCUT2D eigenvalue weighted by Crippen LogP contribution is -2.62. The van der Waals surface area contributed by atoms with Crippen LogP contribution < -0.4 is 0 Å². The molecule has 1 atom stereocenters. The molecule has 0 amide bonds. The molecule has 1 spiro atoms. The third-order valence-electron chi connectivity index (χ3n) is 6.96. The van der Waals surface area contributed by atoms with E-state index >= 15 is 0 Å². The molecule has 0 N–H and O–H groups in total. The molecule has 3 nitrogen and oxygen atoms in total. The predicted molar refractivity (Wildman–Crippen MR) is 87.5 cm³/mol. The Morgan fingerprint density at radius 2 is 1.57 bits per heavy atom. The first-order chi connectivity index (χ1) is 10.1. The van der Waals surface area contributed by atoms with Crippen LogP contribution in [-0.2, 0) is 0 Å². The van der Waals surface area contributed by atoms with Crippen molar-refractivity contribution in [3.8, 4) is 0 Å². The lowest BCUT2D eigenvalue weighted by atomic mass is 9.59. The van der Waals surface area contributed by atoms with Gasteiger partial charge in [-0.1, -0.05) is 6.92 Å². The minimum Gasteiger partial charge on any atom is -0.303 e. The molecule has 1 saturated carbocycles. The summed E-state index contributed by atoms with van der Waals surface area (Å²) < 4.78 is 0. The third kappa shape index (κ3) is 2.77. The molecule has 21 heavy (non-hydrogen) atoms. The van der Waals surface area contributed by atoms with Gasteiger partial charge >= 0.3 is 0 Å². The summed E-state index contributed by atoms with van der Waals surface area (Å²) in [5.74, 6) is 0.938. The molecule has 4 fully saturated rings. The van der Waals surface area contributed by atoms with Crippen LogP contribution in [-0.4, -0.2) is 73.1 Å². The standard InChI is InChI=1S/C18H33N3/c1-15-4-3-7-21(12-15)16-10-18(11-16)5-8-20(9-6-18)17-13-19(2)14-17/h15-17H,3-14H2,1-2H3. The Morgan fingerprint density at radius 3 is 2.19 bits per heavy atom. The Bertz CT molecular complexity index is 361. The number of hydrogen-bond donors (Lipinski definition) is 0. The molecule has 3 heterocycles. The van der Waals surface area contributed by atoms with Crippen molar-refractivity contribution in [3.63, 3.8) is 0 Å². The number of rotatable bonds is 2. The molecule has 0 radical (unpaired) electrons. The number of likely N-dealkylation sites (N-methyl/N-ethyl adjacent to an activating group) is 1. The van der Waals surface area contributed by atoms with Gasteiger partial charge in [-0.05, 0) is 76.5 Å². The van der Waals surface area contributed by atoms with Crippen LogP contribution >= 0.6 is 0 Å². The van der Waals surface area contributed by atoms with Crippen LogP contribution in [0.25, 0.3) is 0 Å². The smallest absolute Gasteiger partial charge is 0.0350 e. The largest absolute Gasteiger partial charge is 0.303 e. The summed E-state index contributed by atoms with van der Waals surface area (Å²) in [5, 5.41) is 0. The topological polar surface area (TPSA) is 9.72 Å². The molecule has 0 aromatic heterocycles. The van der Waals surface area contributed by atoms with E-state index < -0.39 is 0 Å². The van der Waals surface area contributed by atoms with Crippen molar-refractivity contribution >= 4 is 0 Å². The van der Waals surface area contributed by atoms with Crippen LogP contribution in [0.15, 0.2) is 0 Å².